The van der Waals surface area contributed by atoms with Crippen molar-refractivity contribution in [3.8, 4) is 0 Å². The van der Waals surface area contributed by atoms with Gasteiger partial charge in [-0.05, 0) is 19.9 Å². The Labute approximate surface area is 126 Å². The van der Waals surface area contributed by atoms with Gasteiger partial charge in [-0.25, -0.2) is 0 Å². The summed E-state index contributed by atoms with van der Waals surface area (Å²) in [5.41, 5.74) is 1.71. The molecule has 108 valence electrons. The van der Waals surface area contributed by atoms with E-state index >= 15 is 0 Å². The second-order valence-electron chi connectivity index (χ2n) is 4.96. The fourth-order valence-electron chi connectivity index (χ4n) is 2.20. The molecule has 1 N–H and O–H groups in total. The van der Waals surface area contributed by atoms with E-state index in [9.17, 15) is 4.79 Å². The van der Waals surface area contributed by atoms with Crippen molar-refractivity contribution in [2.45, 2.75) is 24.3 Å². The van der Waals surface area contributed by atoms with E-state index in [1.807, 2.05) is 49.7 Å². The lowest BCUT2D eigenvalue weighted by molar-refractivity contribution is 0.0995. The van der Waals surface area contributed by atoms with Crippen LogP contribution in [0.1, 0.15) is 23.1 Å². The fraction of sp³-hybridized carbons (Fsp3) is 0.267. The van der Waals surface area contributed by atoms with Crippen molar-refractivity contribution in [1.82, 2.24) is 19.7 Å². The predicted molar refractivity (Wildman–Crippen MR) is 83.7 cm³/mol. The van der Waals surface area contributed by atoms with E-state index in [2.05, 4.69) is 15.2 Å². The summed E-state index contributed by atoms with van der Waals surface area (Å²) in [4.78, 5) is 15.8. The van der Waals surface area contributed by atoms with Crippen LogP contribution in [0.25, 0.3) is 10.9 Å². The molecule has 0 saturated heterocycles. The molecule has 0 saturated carbocycles. The van der Waals surface area contributed by atoms with E-state index in [1.54, 1.807) is 6.20 Å². The SMILES string of the molecule is Cc1nnc(SC(C)C(=O)c2c[nH]c3ccccc23)n1C. The van der Waals surface area contributed by atoms with E-state index in [1.165, 1.54) is 11.8 Å². The van der Waals surface area contributed by atoms with Crippen molar-refractivity contribution in [3.05, 3.63) is 41.9 Å². The second-order valence-corrected chi connectivity index (χ2v) is 6.27. The number of carbonyl (C=O) groups excluding carboxylic acids is 1. The summed E-state index contributed by atoms with van der Waals surface area (Å²) in [6.07, 6.45) is 1.78. The molecule has 1 aromatic carbocycles. The number of rotatable bonds is 4. The lowest BCUT2D eigenvalue weighted by atomic mass is 10.1. The van der Waals surface area contributed by atoms with E-state index in [0.717, 1.165) is 27.4 Å². The largest absolute Gasteiger partial charge is 0.360 e. The molecule has 5 nitrogen and oxygen atoms in total. The van der Waals surface area contributed by atoms with Crippen LogP contribution in [0.2, 0.25) is 0 Å². The van der Waals surface area contributed by atoms with Gasteiger partial charge in [0, 0.05) is 29.7 Å². The Hall–Kier alpha value is -2.08. The molecule has 3 rings (SSSR count). The Morgan fingerprint density at radius 3 is 2.81 bits per heavy atom. The molecule has 0 aliphatic heterocycles. The number of hydrogen-bond donors (Lipinski definition) is 1. The first-order valence-electron chi connectivity index (χ1n) is 6.71. The number of nitrogens with one attached hydrogen (secondary N) is 1. The van der Waals surface area contributed by atoms with Crippen LogP contribution in [0, 0.1) is 6.92 Å². The number of benzene rings is 1. The van der Waals surface area contributed by atoms with Gasteiger partial charge in [-0.2, -0.15) is 0 Å². The molecular weight excluding hydrogens is 284 g/mol. The van der Waals surface area contributed by atoms with Gasteiger partial charge in [0.05, 0.1) is 5.25 Å². The second kappa shape index (κ2) is 5.37. The fourth-order valence-corrected chi connectivity index (χ4v) is 3.12. The van der Waals surface area contributed by atoms with Crippen LogP contribution < -0.4 is 0 Å². The summed E-state index contributed by atoms with van der Waals surface area (Å²) < 4.78 is 1.89. The number of fused-ring (bicyclic) bond motifs is 1. The number of aryl methyl sites for hydroxylation is 1. The van der Waals surface area contributed by atoms with Gasteiger partial charge < -0.3 is 9.55 Å². The Morgan fingerprint density at radius 1 is 1.33 bits per heavy atom. The molecule has 2 heterocycles. The summed E-state index contributed by atoms with van der Waals surface area (Å²) in [6.45, 7) is 3.79. The monoisotopic (exact) mass is 300 g/mol. The number of thioether (sulfide) groups is 1. The summed E-state index contributed by atoms with van der Waals surface area (Å²) in [5.74, 6) is 0.933. The Kier molecular flexibility index (Phi) is 3.55. The number of hydrogen-bond acceptors (Lipinski definition) is 4. The molecule has 0 spiro atoms. The standard InChI is InChI=1S/C15H16N4OS/c1-9(21-15-18-17-10(2)19(15)3)14(20)12-8-16-13-7-5-4-6-11(12)13/h4-9,16H,1-3H3. The van der Waals surface area contributed by atoms with Crippen LogP contribution in [0.3, 0.4) is 0 Å². The average molecular weight is 300 g/mol. The number of H-pyrrole nitrogens is 1. The zero-order chi connectivity index (χ0) is 15.0. The van der Waals surface area contributed by atoms with Crippen molar-refractivity contribution >= 4 is 28.4 Å². The number of aromatic amines is 1. The Bertz CT molecular complexity index is 805. The number of ketones is 1. The van der Waals surface area contributed by atoms with Crippen LogP contribution in [-0.4, -0.2) is 30.8 Å². The highest BCUT2D eigenvalue weighted by Gasteiger charge is 2.21. The third-order valence-electron chi connectivity index (χ3n) is 3.56. The topological polar surface area (TPSA) is 63.6 Å². The first-order valence-corrected chi connectivity index (χ1v) is 7.59. The average Bonchev–Trinajstić information content (AvgIpc) is 3.05. The van der Waals surface area contributed by atoms with E-state index < -0.39 is 0 Å². The quantitative estimate of drug-likeness (QED) is 0.594. The number of aromatic nitrogens is 4. The smallest absolute Gasteiger partial charge is 0.191 e. The van der Waals surface area contributed by atoms with Crippen molar-refractivity contribution in [3.63, 3.8) is 0 Å². The Morgan fingerprint density at radius 2 is 2.10 bits per heavy atom. The van der Waals surface area contributed by atoms with Gasteiger partial charge in [0.15, 0.2) is 10.9 Å². The number of nitrogens with zero attached hydrogens (tertiary/aromatic N) is 3. The minimum atomic E-state index is -0.216. The number of para-hydroxylation sites is 1. The van der Waals surface area contributed by atoms with Crippen molar-refractivity contribution in [2.75, 3.05) is 0 Å². The molecule has 0 fully saturated rings. The van der Waals surface area contributed by atoms with Crippen LogP contribution in [0.4, 0.5) is 0 Å². The van der Waals surface area contributed by atoms with Gasteiger partial charge in [0.2, 0.25) is 0 Å². The van der Waals surface area contributed by atoms with Crippen LogP contribution in [0.15, 0.2) is 35.6 Å². The summed E-state index contributed by atoms with van der Waals surface area (Å²) >= 11 is 1.43. The molecule has 21 heavy (non-hydrogen) atoms. The first kappa shape index (κ1) is 13.9. The van der Waals surface area contributed by atoms with Gasteiger partial charge in [-0.3, -0.25) is 4.79 Å². The molecule has 0 aliphatic rings. The molecule has 0 aliphatic carbocycles. The predicted octanol–water partition coefficient (Wildman–Crippen LogP) is 2.97. The molecule has 3 aromatic rings. The van der Waals surface area contributed by atoms with Gasteiger partial charge >= 0.3 is 0 Å². The van der Waals surface area contributed by atoms with Crippen molar-refractivity contribution in [2.24, 2.45) is 7.05 Å². The number of carbonyl (C=O) groups is 1. The summed E-state index contributed by atoms with van der Waals surface area (Å²) in [5, 5.41) is 9.62. The third kappa shape index (κ3) is 2.47. The van der Waals surface area contributed by atoms with Crippen LogP contribution >= 0.6 is 11.8 Å². The molecule has 0 bridgehead atoms. The molecule has 6 heteroatoms. The molecule has 2 aromatic heterocycles. The number of Topliss-reactive ketones (excluding diaryl/α,β-unsaturated/α-hetero) is 1. The molecular formula is C15H16N4OS. The molecule has 0 radical (unpaired) electrons. The maximum Gasteiger partial charge on any atom is 0.191 e. The van der Waals surface area contributed by atoms with Gasteiger partial charge in [-0.1, -0.05) is 30.0 Å². The maximum atomic E-state index is 12.6. The van der Waals surface area contributed by atoms with E-state index in [4.69, 9.17) is 0 Å². The van der Waals surface area contributed by atoms with Crippen molar-refractivity contribution in [1.29, 1.82) is 0 Å². The molecule has 1 atom stereocenters. The minimum Gasteiger partial charge on any atom is -0.360 e. The highest BCUT2D eigenvalue weighted by molar-refractivity contribution is 8.00. The lowest BCUT2D eigenvalue weighted by Crippen LogP contribution is -2.14. The zero-order valence-electron chi connectivity index (χ0n) is 12.1. The first-order chi connectivity index (χ1) is 10.1. The molecule has 1 unspecified atom stereocenters. The van der Waals surface area contributed by atoms with E-state index in [0.29, 0.717) is 0 Å². The van der Waals surface area contributed by atoms with E-state index in [-0.39, 0.29) is 11.0 Å². The van der Waals surface area contributed by atoms with Gasteiger partial charge in [0.25, 0.3) is 0 Å². The highest BCUT2D eigenvalue weighted by atomic mass is 32.2. The van der Waals surface area contributed by atoms with Crippen LogP contribution in [0.5, 0.6) is 0 Å². The van der Waals surface area contributed by atoms with Gasteiger partial charge in [-0.15, -0.1) is 10.2 Å². The Balaban J connectivity index is 1.86. The lowest BCUT2D eigenvalue weighted by Gasteiger charge is -2.09. The summed E-state index contributed by atoms with van der Waals surface area (Å²) in [7, 11) is 1.90. The minimum absolute atomic E-state index is 0.0955. The summed E-state index contributed by atoms with van der Waals surface area (Å²) in [6, 6.07) is 7.82. The molecule has 0 amide bonds. The van der Waals surface area contributed by atoms with Crippen LogP contribution in [-0.2, 0) is 7.05 Å². The van der Waals surface area contributed by atoms with Crippen molar-refractivity contribution < 1.29 is 4.79 Å². The highest BCUT2D eigenvalue weighted by Crippen LogP contribution is 2.27. The maximum absolute atomic E-state index is 12.6. The zero-order valence-corrected chi connectivity index (χ0v) is 12.9. The normalized spacial score (nSPS) is 12.7. The van der Waals surface area contributed by atoms with Gasteiger partial charge in [0.1, 0.15) is 5.82 Å². The third-order valence-corrected chi connectivity index (χ3v) is 4.69.